The van der Waals surface area contributed by atoms with Crippen molar-refractivity contribution in [1.82, 2.24) is 0 Å². The van der Waals surface area contributed by atoms with Crippen molar-refractivity contribution in [2.75, 3.05) is 0 Å². The second kappa shape index (κ2) is 5.04. The van der Waals surface area contributed by atoms with Gasteiger partial charge in [-0.2, -0.15) is 39.5 Å². The molecule has 120 valence electrons. The zero-order valence-corrected chi connectivity index (χ0v) is 11.0. The lowest BCUT2D eigenvalue weighted by Gasteiger charge is -2.33. The predicted molar refractivity (Wildman–Crippen MR) is 55.2 cm³/mol. The first kappa shape index (κ1) is 18.1. The van der Waals surface area contributed by atoms with Gasteiger partial charge in [0.15, 0.2) is 0 Å². The van der Waals surface area contributed by atoms with Gasteiger partial charge in [-0.25, -0.2) is 0 Å². The van der Waals surface area contributed by atoms with Crippen LogP contribution in [-0.2, 0) is 11.8 Å². The maximum atomic E-state index is 12.6. The molecule has 1 N–H and O–H groups in total. The Morgan fingerprint density at radius 2 is 1.24 bits per heavy atom. The molecule has 0 aliphatic carbocycles. The van der Waals surface area contributed by atoms with Crippen molar-refractivity contribution in [3.8, 4) is 0 Å². The first-order valence-corrected chi connectivity index (χ1v) is 5.64. The molecule has 0 amide bonds. The number of halogens is 10. The SMILES string of the molecule is OC(c1ccc(C(F)(F)F)cc1Br)(C(F)(F)F)C(F)(F)F. The minimum atomic E-state index is -6.17. The Morgan fingerprint density at radius 1 is 0.810 bits per heavy atom. The van der Waals surface area contributed by atoms with Gasteiger partial charge in [-0.15, -0.1) is 0 Å². The first-order valence-electron chi connectivity index (χ1n) is 4.85. The Kier molecular flexibility index (Phi) is 4.34. The average Bonchev–Trinajstić information content (AvgIpc) is 2.23. The fourth-order valence-corrected chi connectivity index (χ4v) is 2.12. The van der Waals surface area contributed by atoms with Crippen molar-refractivity contribution in [3.63, 3.8) is 0 Å². The van der Waals surface area contributed by atoms with E-state index in [1.807, 2.05) is 0 Å². The highest BCUT2D eigenvalue weighted by molar-refractivity contribution is 9.10. The molecule has 0 unspecified atom stereocenters. The predicted octanol–water partition coefficient (Wildman–Crippen LogP) is 4.78. The summed E-state index contributed by atoms with van der Waals surface area (Å²) in [5.41, 5.74) is -8.54. The second-order valence-electron chi connectivity index (χ2n) is 3.90. The molecule has 0 atom stereocenters. The van der Waals surface area contributed by atoms with E-state index in [1.54, 1.807) is 0 Å². The molecule has 1 rings (SSSR count). The second-order valence-corrected chi connectivity index (χ2v) is 4.75. The van der Waals surface area contributed by atoms with Crippen molar-refractivity contribution in [2.45, 2.75) is 24.1 Å². The van der Waals surface area contributed by atoms with E-state index in [2.05, 4.69) is 15.9 Å². The zero-order chi connectivity index (χ0) is 16.9. The molecule has 0 saturated carbocycles. The lowest BCUT2D eigenvalue weighted by Crippen LogP contribution is -2.54. The summed E-state index contributed by atoms with van der Waals surface area (Å²) in [6.45, 7) is 0. The van der Waals surface area contributed by atoms with Crippen LogP contribution >= 0.6 is 15.9 Å². The fraction of sp³-hybridized carbons (Fsp3) is 0.400. The highest BCUT2D eigenvalue weighted by Gasteiger charge is 2.72. The molecule has 0 saturated heterocycles. The van der Waals surface area contributed by atoms with E-state index in [0.29, 0.717) is 0 Å². The molecule has 0 aliphatic heterocycles. The average molecular weight is 391 g/mol. The van der Waals surface area contributed by atoms with Gasteiger partial charge < -0.3 is 5.11 Å². The number of hydrogen-bond donors (Lipinski definition) is 1. The van der Waals surface area contributed by atoms with Gasteiger partial charge in [-0.1, -0.05) is 22.0 Å². The van der Waals surface area contributed by atoms with E-state index in [4.69, 9.17) is 5.11 Å². The number of benzene rings is 1. The quantitative estimate of drug-likeness (QED) is 0.684. The number of aliphatic hydroxyl groups is 1. The van der Waals surface area contributed by atoms with Gasteiger partial charge in [-0.3, -0.25) is 0 Å². The van der Waals surface area contributed by atoms with E-state index >= 15 is 0 Å². The zero-order valence-electron chi connectivity index (χ0n) is 9.46. The summed E-state index contributed by atoms with van der Waals surface area (Å²) in [5.74, 6) is 0. The van der Waals surface area contributed by atoms with Gasteiger partial charge in [0.1, 0.15) is 0 Å². The molecule has 21 heavy (non-hydrogen) atoms. The lowest BCUT2D eigenvalue weighted by atomic mass is 9.91. The molecule has 0 spiro atoms. The van der Waals surface area contributed by atoms with Crippen LogP contribution in [0.4, 0.5) is 39.5 Å². The van der Waals surface area contributed by atoms with Gasteiger partial charge >= 0.3 is 18.5 Å². The third kappa shape index (κ3) is 3.12. The van der Waals surface area contributed by atoms with Gasteiger partial charge in [0, 0.05) is 10.0 Å². The van der Waals surface area contributed by atoms with Gasteiger partial charge in [0.05, 0.1) is 5.56 Å². The van der Waals surface area contributed by atoms with Crippen LogP contribution in [0.15, 0.2) is 22.7 Å². The molecule has 1 nitrogen and oxygen atoms in total. The summed E-state index contributed by atoms with van der Waals surface area (Å²) < 4.78 is 111. The van der Waals surface area contributed by atoms with E-state index in [0.717, 1.165) is 0 Å². The van der Waals surface area contributed by atoms with Crippen LogP contribution in [0.5, 0.6) is 0 Å². The van der Waals surface area contributed by atoms with Gasteiger partial charge in [-0.05, 0) is 12.1 Å². The van der Waals surface area contributed by atoms with E-state index in [9.17, 15) is 39.5 Å². The van der Waals surface area contributed by atoms with Crippen LogP contribution in [0.25, 0.3) is 0 Å². The smallest absolute Gasteiger partial charge is 0.369 e. The monoisotopic (exact) mass is 390 g/mol. The third-order valence-electron chi connectivity index (χ3n) is 2.51. The highest BCUT2D eigenvalue weighted by Crippen LogP contribution is 2.52. The summed E-state index contributed by atoms with van der Waals surface area (Å²) in [6.07, 6.45) is -17.3. The summed E-state index contributed by atoms with van der Waals surface area (Å²) in [5, 5.41) is 9.07. The lowest BCUT2D eigenvalue weighted by molar-refractivity contribution is -0.376. The normalized spacial score (nSPS) is 14.4. The minimum Gasteiger partial charge on any atom is -0.369 e. The fourth-order valence-electron chi connectivity index (χ4n) is 1.45. The van der Waals surface area contributed by atoms with Crippen LogP contribution in [0.2, 0.25) is 0 Å². The standard InChI is InChI=1S/C10H4BrF9O/c11-6-3-4(8(12,13)14)1-2-5(6)7(21,9(15,16)17)10(18,19)20/h1-3,21H. The topological polar surface area (TPSA) is 20.2 Å². The molecule has 0 heterocycles. The van der Waals surface area contributed by atoms with Crippen molar-refractivity contribution >= 4 is 15.9 Å². The highest BCUT2D eigenvalue weighted by atomic mass is 79.9. The van der Waals surface area contributed by atoms with Crippen molar-refractivity contribution in [1.29, 1.82) is 0 Å². The van der Waals surface area contributed by atoms with Crippen molar-refractivity contribution in [2.24, 2.45) is 0 Å². The Hall–Kier alpha value is -0.970. The molecule has 0 bridgehead atoms. The van der Waals surface area contributed by atoms with Crippen molar-refractivity contribution in [3.05, 3.63) is 33.8 Å². The van der Waals surface area contributed by atoms with Gasteiger partial charge in [0.25, 0.3) is 5.60 Å². The molecule has 0 aromatic heterocycles. The molecule has 11 heteroatoms. The van der Waals surface area contributed by atoms with Crippen LogP contribution in [0, 0.1) is 0 Å². The number of hydrogen-bond acceptors (Lipinski definition) is 1. The maximum absolute atomic E-state index is 12.6. The van der Waals surface area contributed by atoms with Crippen LogP contribution in [0.3, 0.4) is 0 Å². The molecular weight excluding hydrogens is 387 g/mol. The molecule has 0 aliphatic rings. The largest absolute Gasteiger partial charge is 0.430 e. The van der Waals surface area contributed by atoms with Gasteiger partial charge in [0.2, 0.25) is 0 Å². The van der Waals surface area contributed by atoms with Crippen LogP contribution in [-0.4, -0.2) is 17.5 Å². The summed E-state index contributed by atoms with van der Waals surface area (Å²) in [7, 11) is 0. The first-order chi connectivity index (χ1) is 9.12. The Bertz CT molecular complexity index is 515. The summed E-state index contributed by atoms with van der Waals surface area (Å²) >= 11 is 2.20. The van der Waals surface area contributed by atoms with Crippen LogP contribution < -0.4 is 0 Å². The van der Waals surface area contributed by atoms with E-state index in [-0.39, 0.29) is 18.2 Å². The molecule has 0 fully saturated rings. The summed E-state index contributed by atoms with van der Waals surface area (Å²) in [4.78, 5) is 0. The maximum Gasteiger partial charge on any atom is 0.430 e. The molecule has 0 radical (unpaired) electrons. The Morgan fingerprint density at radius 3 is 1.52 bits per heavy atom. The van der Waals surface area contributed by atoms with E-state index < -0.39 is 39.7 Å². The number of rotatable bonds is 1. The third-order valence-corrected chi connectivity index (χ3v) is 3.16. The number of alkyl halides is 9. The van der Waals surface area contributed by atoms with Crippen molar-refractivity contribution < 1.29 is 44.6 Å². The Labute approximate surface area is 119 Å². The Balaban J connectivity index is 3.57. The minimum absolute atomic E-state index is 0.0164. The van der Waals surface area contributed by atoms with Crippen LogP contribution in [0.1, 0.15) is 11.1 Å². The molecule has 1 aromatic rings. The summed E-state index contributed by atoms with van der Waals surface area (Å²) in [6, 6.07) is -0.0335. The van der Waals surface area contributed by atoms with E-state index in [1.165, 1.54) is 0 Å². The molecule has 1 aromatic carbocycles. The molecular formula is C10H4BrF9O.